The van der Waals surface area contributed by atoms with E-state index in [0.717, 1.165) is 37.1 Å². The third-order valence-electron chi connectivity index (χ3n) is 8.14. The molecule has 0 spiro atoms. The third kappa shape index (κ3) is 3.94. The Hall–Kier alpha value is -3.50. The van der Waals surface area contributed by atoms with Gasteiger partial charge in [-0.05, 0) is 73.4 Å². The van der Waals surface area contributed by atoms with Crippen LogP contribution in [-0.2, 0) is 10.2 Å². The molecule has 0 amide bonds. The van der Waals surface area contributed by atoms with Crippen molar-refractivity contribution in [2.24, 2.45) is 0 Å². The fraction of sp³-hybridized carbons (Fsp3) is 0.265. The number of anilines is 2. The number of thioether (sulfide) groups is 1. The van der Waals surface area contributed by atoms with Crippen LogP contribution >= 0.6 is 11.8 Å². The van der Waals surface area contributed by atoms with Crippen molar-refractivity contribution in [1.82, 2.24) is 0 Å². The van der Waals surface area contributed by atoms with Gasteiger partial charge in [-0.1, -0.05) is 80.2 Å². The van der Waals surface area contributed by atoms with Gasteiger partial charge in [-0.25, -0.2) is 0 Å². The molecule has 0 N–H and O–H groups in total. The maximum absolute atomic E-state index is 13.4. The van der Waals surface area contributed by atoms with Gasteiger partial charge in [-0.15, -0.1) is 0 Å². The first-order chi connectivity index (χ1) is 18.4. The summed E-state index contributed by atoms with van der Waals surface area (Å²) in [5.74, 6) is 0.184. The summed E-state index contributed by atoms with van der Waals surface area (Å²) in [7, 11) is 0. The van der Waals surface area contributed by atoms with E-state index in [0.29, 0.717) is 0 Å². The number of rotatable bonds is 4. The summed E-state index contributed by atoms with van der Waals surface area (Å²) in [5, 5.41) is 3.77. The molecule has 3 aliphatic rings. The molecular formula is C34H34N2OS. The lowest BCUT2D eigenvalue weighted by Gasteiger charge is -2.26. The van der Waals surface area contributed by atoms with Crippen molar-refractivity contribution in [2.45, 2.75) is 50.8 Å². The number of allylic oxidation sites excluding steroid dienone is 7. The predicted molar refractivity (Wildman–Crippen MR) is 162 cm³/mol. The number of fused-ring (bicyclic) bond motifs is 4. The number of Topliss-reactive ketones (excluding diaryl/α,β-unsaturated/α-hetero) is 1. The minimum absolute atomic E-state index is 0.147. The van der Waals surface area contributed by atoms with E-state index in [4.69, 9.17) is 0 Å². The van der Waals surface area contributed by atoms with Crippen LogP contribution in [-0.4, -0.2) is 18.9 Å². The summed E-state index contributed by atoms with van der Waals surface area (Å²) in [5.41, 5.74) is 6.83. The summed E-state index contributed by atoms with van der Waals surface area (Å²) in [4.78, 5) is 19.4. The quantitative estimate of drug-likeness (QED) is 0.323. The van der Waals surface area contributed by atoms with Crippen molar-refractivity contribution >= 4 is 39.7 Å². The van der Waals surface area contributed by atoms with Crippen LogP contribution in [0.1, 0.15) is 46.1 Å². The van der Waals surface area contributed by atoms with Crippen LogP contribution in [0.25, 0.3) is 10.8 Å². The largest absolute Gasteiger partial charge is 0.344 e. The average Bonchev–Trinajstić information content (AvgIpc) is 3.54. The Morgan fingerprint density at radius 3 is 2.24 bits per heavy atom. The molecule has 38 heavy (non-hydrogen) atoms. The molecular weight excluding hydrogens is 484 g/mol. The van der Waals surface area contributed by atoms with Crippen LogP contribution in [0.15, 0.2) is 112 Å². The highest BCUT2D eigenvalue weighted by atomic mass is 32.2. The van der Waals surface area contributed by atoms with Crippen LogP contribution in [0.2, 0.25) is 0 Å². The highest BCUT2D eigenvalue weighted by Crippen LogP contribution is 2.51. The number of hydrogen-bond donors (Lipinski definition) is 0. The Balaban J connectivity index is 1.29. The first kappa shape index (κ1) is 24.8. The zero-order valence-corrected chi connectivity index (χ0v) is 23.4. The van der Waals surface area contributed by atoms with Crippen molar-refractivity contribution in [3.05, 3.63) is 112 Å². The maximum atomic E-state index is 13.4. The number of ketones is 1. The van der Waals surface area contributed by atoms with Gasteiger partial charge >= 0.3 is 0 Å². The average molecular weight is 519 g/mol. The fourth-order valence-corrected chi connectivity index (χ4v) is 7.38. The molecule has 1 fully saturated rings. The molecule has 2 aliphatic heterocycles. The molecule has 6 rings (SSSR count). The first-order valence-electron chi connectivity index (χ1n) is 13.6. The van der Waals surface area contributed by atoms with Crippen molar-refractivity contribution in [3.8, 4) is 0 Å². The van der Waals surface area contributed by atoms with Gasteiger partial charge < -0.3 is 9.80 Å². The molecule has 2 heterocycles. The normalized spacial score (nSPS) is 22.5. The van der Waals surface area contributed by atoms with Gasteiger partial charge in [-0.2, -0.15) is 0 Å². The minimum atomic E-state index is -0.147. The molecule has 0 aromatic heterocycles. The number of nitrogens with zero attached hydrogens (tertiary/aromatic N) is 2. The SMILES string of the molecule is CCN1/C(=C/C=C2\CC/C(=C\C=C3\N(CC)c4ccc5ccccc5c4C3(C)C)C2=O)Sc2ccccc21. The zero-order chi connectivity index (χ0) is 26.4. The molecule has 3 nitrogen and oxygen atoms in total. The Kier molecular flexibility index (Phi) is 6.31. The van der Waals surface area contributed by atoms with Crippen molar-refractivity contribution < 1.29 is 4.79 Å². The summed E-state index contributed by atoms with van der Waals surface area (Å²) >= 11 is 1.78. The first-order valence-corrected chi connectivity index (χ1v) is 14.5. The number of carbonyl (C=O) groups excluding carboxylic acids is 1. The molecule has 0 saturated heterocycles. The smallest absolute Gasteiger partial charge is 0.185 e. The molecule has 3 aromatic carbocycles. The van der Waals surface area contributed by atoms with E-state index in [1.807, 2.05) is 6.08 Å². The monoisotopic (exact) mass is 518 g/mol. The standard InChI is InChI=1S/C34H34N2OS/c1-5-35-28-20-17-23-11-7-8-12-26(23)32(28)34(3,4)30(35)21-18-24-15-16-25(33(24)37)19-22-31-36(6-2)27-13-9-10-14-29(27)38-31/h7-14,17-22H,5-6,15-16H2,1-4H3/b24-18+,25-19+,30-21+,31-22-. The molecule has 0 bridgehead atoms. The Morgan fingerprint density at radius 2 is 1.47 bits per heavy atom. The van der Waals surface area contributed by atoms with E-state index < -0.39 is 0 Å². The summed E-state index contributed by atoms with van der Waals surface area (Å²) in [6.07, 6.45) is 10.1. The highest BCUT2D eigenvalue weighted by Gasteiger charge is 2.40. The molecule has 0 atom stereocenters. The van der Waals surface area contributed by atoms with Gasteiger partial charge in [0.25, 0.3) is 0 Å². The Bertz CT molecular complexity index is 1570. The van der Waals surface area contributed by atoms with Crippen molar-refractivity contribution in [1.29, 1.82) is 0 Å². The number of carbonyl (C=O) groups is 1. The Labute approximate surface area is 230 Å². The second-order valence-corrected chi connectivity index (χ2v) is 11.7. The number of hydrogen-bond acceptors (Lipinski definition) is 4. The number of benzene rings is 3. The zero-order valence-electron chi connectivity index (χ0n) is 22.6. The second-order valence-electron chi connectivity index (χ2n) is 10.6. The lowest BCUT2D eigenvalue weighted by Crippen LogP contribution is -2.25. The summed E-state index contributed by atoms with van der Waals surface area (Å²) in [6.45, 7) is 10.8. The molecule has 0 unspecified atom stereocenters. The van der Waals surface area contributed by atoms with E-state index >= 15 is 0 Å². The predicted octanol–water partition coefficient (Wildman–Crippen LogP) is 8.53. The van der Waals surface area contributed by atoms with Crippen LogP contribution in [0.4, 0.5) is 11.4 Å². The van der Waals surface area contributed by atoms with Gasteiger partial charge in [0.2, 0.25) is 0 Å². The van der Waals surface area contributed by atoms with Crippen LogP contribution < -0.4 is 9.80 Å². The van der Waals surface area contributed by atoms with Gasteiger partial charge in [-0.3, -0.25) is 4.79 Å². The minimum Gasteiger partial charge on any atom is -0.344 e. The number of para-hydroxylation sites is 1. The third-order valence-corrected chi connectivity index (χ3v) is 9.27. The second kappa shape index (κ2) is 9.67. The van der Waals surface area contributed by atoms with Crippen LogP contribution in [0.5, 0.6) is 0 Å². The highest BCUT2D eigenvalue weighted by molar-refractivity contribution is 8.03. The number of likely N-dealkylation sites (N-methyl/N-ethyl adjacent to an activating group) is 1. The van der Waals surface area contributed by atoms with Crippen molar-refractivity contribution in [3.63, 3.8) is 0 Å². The fourth-order valence-electron chi connectivity index (χ4n) is 6.25. The van der Waals surface area contributed by atoms with E-state index in [1.165, 1.54) is 43.3 Å². The molecule has 3 aromatic rings. The van der Waals surface area contributed by atoms with Gasteiger partial charge in [0, 0.05) is 45.9 Å². The lowest BCUT2D eigenvalue weighted by atomic mass is 9.81. The topological polar surface area (TPSA) is 23.6 Å². The van der Waals surface area contributed by atoms with Crippen LogP contribution in [0, 0.1) is 0 Å². The Morgan fingerprint density at radius 1 is 0.789 bits per heavy atom. The maximum Gasteiger partial charge on any atom is 0.185 e. The lowest BCUT2D eigenvalue weighted by molar-refractivity contribution is -0.111. The van der Waals surface area contributed by atoms with E-state index in [2.05, 4.69) is 116 Å². The molecule has 1 aliphatic carbocycles. The van der Waals surface area contributed by atoms with E-state index in [9.17, 15) is 4.79 Å². The van der Waals surface area contributed by atoms with Crippen LogP contribution in [0.3, 0.4) is 0 Å². The molecule has 0 radical (unpaired) electrons. The van der Waals surface area contributed by atoms with Gasteiger partial charge in [0.1, 0.15) is 0 Å². The summed E-state index contributed by atoms with van der Waals surface area (Å²) < 4.78 is 0. The van der Waals surface area contributed by atoms with Gasteiger partial charge in [0.15, 0.2) is 5.78 Å². The molecule has 192 valence electrons. The van der Waals surface area contributed by atoms with E-state index in [1.54, 1.807) is 11.8 Å². The summed E-state index contributed by atoms with van der Waals surface area (Å²) in [6, 6.07) is 21.6. The van der Waals surface area contributed by atoms with Crippen molar-refractivity contribution in [2.75, 3.05) is 22.9 Å². The molecule has 1 saturated carbocycles. The molecule has 4 heteroatoms. The van der Waals surface area contributed by atoms with E-state index in [-0.39, 0.29) is 11.2 Å². The van der Waals surface area contributed by atoms with Gasteiger partial charge in [0.05, 0.1) is 10.7 Å².